The zero-order valence-corrected chi connectivity index (χ0v) is 21.0. The quantitative estimate of drug-likeness (QED) is 0.534. The molecular formula is C26H41N5O2. The molecule has 182 valence electrons. The molecule has 1 saturated carbocycles. The Labute approximate surface area is 198 Å². The summed E-state index contributed by atoms with van der Waals surface area (Å²) in [5.41, 5.74) is 0.573. The van der Waals surface area contributed by atoms with Crippen LogP contribution in [-0.4, -0.2) is 54.9 Å². The van der Waals surface area contributed by atoms with Gasteiger partial charge in [0.1, 0.15) is 17.2 Å². The van der Waals surface area contributed by atoms with Crippen molar-refractivity contribution < 1.29 is 9.53 Å². The SMILES string of the molecule is CN(C)c1nc(CCCC2CCC(NCCNC(=O)OC(C)(C)C)CC2)nc2ccccc12. The average Bonchev–Trinajstić information content (AvgIpc) is 2.76. The molecule has 33 heavy (non-hydrogen) atoms. The van der Waals surface area contributed by atoms with E-state index in [4.69, 9.17) is 14.7 Å². The maximum Gasteiger partial charge on any atom is 0.407 e. The molecule has 3 rings (SSSR count). The number of fused-ring (bicyclic) bond motifs is 1. The minimum Gasteiger partial charge on any atom is -0.444 e. The second-order valence-electron chi connectivity index (χ2n) is 10.4. The first kappa shape index (κ1) is 25.2. The number of amides is 1. The Morgan fingerprint density at radius 2 is 1.82 bits per heavy atom. The van der Waals surface area contributed by atoms with E-state index in [0.29, 0.717) is 12.6 Å². The lowest BCUT2D eigenvalue weighted by Gasteiger charge is -2.29. The molecule has 0 saturated heterocycles. The van der Waals surface area contributed by atoms with Gasteiger partial charge in [0.25, 0.3) is 0 Å². The molecule has 7 nitrogen and oxygen atoms in total. The summed E-state index contributed by atoms with van der Waals surface area (Å²) in [6.45, 7) is 7.00. The van der Waals surface area contributed by atoms with Gasteiger partial charge in [-0.15, -0.1) is 0 Å². The molecule has 1 aromatic heterocycles. The lowest BCUT2D eigenvalue weighted by Crippen LogP contribution is -2.40. The third kappa shape index (κ3) is 8.14. The van der Waals surface area contributed by atoms with Gasteiger partial charge in [0.2, 0.25) is 0 Å². The third-order valence-electron chi connectivity index (χ3n) is 6.14. The molecule has 0 spiro atoms. The highest BCUT2D eigenvalue weighted by Gasteiger charge is 2.21. The summed E-state index contributed by atoms with van der Waals surface area (Å²) in [5, 5.41) is 7.51. The van der Waals surface area contributed by atoms with Crippen LogP contribution in [0, 0.1) is 5.92 Å². The van der Waals surface area contributed by atoms with Gasteiger partial charge in [0.05, 0.1) is 5.52 Å². The lowest BCUT2D eigenvalue weighted by molar-refractivity contribution is 0.0527. The van der Waals surface area contributed by atoms with Crippen molar-refractivity contribution in [2.24, 2.45) is 5.92 Å². The van der Waals surface area contributed by atoms with Crippen LogP contribution in [0.15, 0.2) is 24.3 Å². The van der Waals surface area contributed by atoms with Crippen LogP contribution >= 0.6 is 0 Å². The van der Waals surface area contributed by atoms with Crippen LogP contribution in [0.5, 0.6) is 0 Å². The number of nitrogens with one attached hydrogen (secondary N) is 2. The molecule has 1 aliphatic carbocycles. The van der Waals surface area contributed by atoms with Crippen LogP contribution in [0.4, 0.5) is 10.6 Å². The summed E-state index contributed by atoms with van der Waals surface area (Å²) in [4.78, 5) is 23.4. The van der Waals surface area contributed by atoms with Crippen molar-refractivity contribution in [1.82, 2.24) is 20.6 Å². The van der Waals surface area contributed by atoms with Crippen LogP contribution in [0.1, 0.15) is 65.1 Å². The van der Waals surface area contributed by atoms with Crippen LogP contribution < -0.4 is 15.5 Å². The Kier molecular flexibility index (Phi) is 8.89. The highest BCUT2D eigenvalue weighted by atomic mass is 16.6. The molecule has 1 heterocycles. The van der Waals surface area contributed by atoms with Gasteiger partial charge < -0.3 is 20.3 Å². The van der Waals surface area contributed by atoms with Crippen LogP contribution in [-0.2, 0) is 11.2 Å². The van der Waals surface area contributed by atoms with E-state index in [9.17, 15) is 4.79 Å². The number of aryl methyl sites for hydroxylation is 1. The zero-order chi connectivity index (χ0) is 23.8. The summed E-state index contributed by atoms with van der Waals surface area (Å²) >= 11 is 0. The topological polar surface area (TPSA) is 79.4 Å². The minimum atomic E-state index is -0.453. The van der Waals surface area contributed by atoms with Crippen LogP contribution in [0.2, 0.25) is 0 Å². The Bertz CT molecular complexity index is 901. The number of ether oxygens (including phenoxy) is 1. The highest BCUT2D eigenvalue weighted by Crippen LogP contribution is 2.29. The summed E-state index contributed by atoms with van der Waals surface area (Å²) in [7, 11) is 4.08. The van der Waals surface area contributed by atoms with Gasteiger partial charge in [-0.25, -0.2) is 14.8 Å². The van der Waals surface area contributed by atoms with E-state index >= 15 is 0 Å². The van der Waals surface area contributed by atoms with Gasteiger partial charge in [-0.3, -0.25) is 0 Å². The fourth-order valence-corrected chi connectivity index (χ4v) is 4.52. The van der Waals surface area contributed by atoms with E-state index in [-0.39, 0.29) is 6.09 Å². The largest absolute Gasteiger partial charge is 0.444 e. The number of carbonyl (C=O) groups excluding carboxylic acids is 1. The summed E-state index contributed by atoms with van der Waals surface area (Å²) in [5.74, 6) is 2.74. The van der Waals surface area contributed by atoms with Crippen molar-refractivity contribution in [2.45, 2.75) is 77.4 Å². The Morgan fingerprint density at radius 3 is 2.52 bits per heavy atom. The molecule has 0 radical (unpaired) electrons. The molecule has 0 bridgehead atoms. The number of para-hydroxylation sites is 1. The number of hydrogen-bond donors (Lipinski definition) is 2. The fourth-order valence-electron chi connectivity index (χ4n) is 4.52. The number of nitrogens with zero attached hydrogens (tertiary/aromatic N) is 3. The zero-order valence-electron chi connectivity index (χ0n) is 21.0. The van der Waals surface area contributed by atoms with E-state index < -0.39 is 5.60 Å². The van der Waals surface area contributed by atoms with Crippen molar-refractivity contribution in [3.05, 3.63) is 30.1 Å². The molecule has 1 fully saturated rings. The van der Waals surface area contributed by atoms with Crippen LogP contribution in [0.3, 0.4) is 0 Å². The number of anilines is 1. The first-order valence-electron chi connectivity index (χ1n) is 12.3. The minimum absolute atomic E-state index is 0.346. The number of hydrogen-bond acceptors (Lipinski definition) is 6. The van der Waals surface area contributed by atoms with Crippen molar-refractivity contribution in [2.75, 3.05) is 32.1 Å². The monoisotopic (exact) mass is 455 g/mol. The van der Waals surface area contributed by atoms with Gasteiger partial charge in [-0.05, 0) is 70.9 Å². The third-order valence-corrected chi connectivity index (χ3v) is 6.14. The molecule has 1 aliphatic rings. The number of rotatable bonds is 9. The summed E-state index contributed by atoms with van der Waals surface area (Å²) in [6.07, 6.45) is 7.88. The van der Waals surface area contributed by atoms with Crippen molar-refractivity contribution in [1.29, 1.82) is 0 Å². The average molecular weight is 456 g/mol. The first-order valence-corrected chi connectivity index (χ1v) is 12.3. The summed E-state index contributed by atoms with van der Waals surface area (Å²) < 4.78 is 5.26. The van der Waals surface area contributed by atoms with E-state index in [2.05, 4.69) is 27.7 Å². The number of benzene rings is 1. The van der Waals surface area contributed by atoms with Crippen molar-refractivity contribution >= 4 is 22.8 Å². The van der Waals surface area contributed by atoms with Crippen molar-refractivity contribution in [3.63, 3.8) is 0 Å². The molecule has 0 aliphatic heterocycles. The smallest absolute Gasteiger partial charge is 0.407 e. The van der Waals surface area contributed by atoms with Crippen LogP contribution in [0.25, 0.3) is 10.9 Å². The van der Waals surface area contributed by atoms with Gasteiger partial charge in [-0.2, -0.15) is 0 Å². The first-order chi connectivity index (χ1) is 15.7. The Balaban J connectivity index is 1.35. The predicted octanol–water partition coefficient (Wildman–Crippen LogP) is 4.69. The maximum absolute atomic E-state index is 11.7. The number of alkyl carbamates (subject to hydrolysis) is 1. The molecule has 2 aromatic rings. The van der Waals surface area contributed by atoms with E-state index in [1.807, 2.05) is 47.0 Å². The van der Waals surface area contributed by atoms with E-state index in [1.54, 1.807) is 0 Å². The van der Waals surface area contributed by atoms with E-state index in [1.165, 1.54) is 32.1 Å². The number of carbonyl (C=O) groups is 1. The van der Waals surface area contributed by atoms with E-state index in [0.717, 1.165) is 47.8 Å². The number of aromatic nitrogens is 2. The summed E-state index contributed by atoms with van der Waals surface area (Å²) in [6, 6.07) is 8.80. The molecule has 2 N–H and O–H groups in total. The second kappa shape index (κ2) is 11.6. The molecule has 1 aromatic carbocycles. The van der Waals surface area contributed by atoms with Crippen molar-refractivity contribution in [3.8, 4) is 0 Å². The van der Waals surface area contributed by atoms with Gasteiger partial charge in [0.15, 0.2) is 0 Å². The molecule has 1 amide bonds. The van der Waals surface area contributed by atoms with Gasteiger partial charge >= 0.3 is 6.09 Å². The standard InChI is InChI=1S/C26H41N5O2/c1-26(2,3)33-25(32)28-18-17-27-20-15-13-19(14-16-20)9-8-12-23-29-22-11-7-6-10-21(22)24(30-23)31(4)5/h6-7,10-11,19-20,27H,8-9,12-18H2,1-5H3,(H,28,32). The second-order valence-corrected chi connectivity index (χ2v) is 10.4. The Morgan fingerprint density at radius 1 is 1.09 bits per heavy atom. The molecule has 7 heteroatoms. The normalized spacial score (nSPS) is 18.8. The fraction of sp³-hybridized carbons (Fsp3) is 0.654. The maximum atomic E-state index is 11.7. The molecular weight excluding hydrogens is 414 g/mol. The lowest BCUT2D eigenvalue weighted by atomic mass is 9.83. The highest BCUT2D eigenvalue weighted by molar-refractivity contribution is 5.89. The molecule has 0 atom stereocenters. The van der Waals surface area contributed by atoms with Gasteiger partial charge in [-0.1, -0.05) is 18.6 Å². The Hall–Kier alpha value is -2.41. The van der Waals surface area contributed by atoms with Gasteiger partial charge in [0, 0.05) is 45.0 Å². The molecule has 0 unspecified atom stereocenters. The predicted molar refractivity (Wildman–Crippen MR) is 135 cm³/mol.